The number of rotatable bonds is 3. The van der Waals surface area contributed by atoms with Gasteiger partial charge in [-0.15, -0.1) is 0 Å². The quantitative estimate of drug-likeness (QED) is 0.916. The summed E-state index contributed by atoms with van der Waals surface area (Å²) in [6, 6.07) is 8.43. The molecule has 1 aromatic heterocycles. The second kappa shape index (κ2) is 4.39. The lowest BCUT2D eigenvalue weighted by molar-refractivity contribution is 0.619. The van der Waals surface area contributed by atoms with Gasteiger partial charge in [0, 0.05) is 5.92 Å². The highest BCUT2D eigenvalue weighted by Crippen LogP contribution is 2.42. The van der Waals surface area contributed by atoms with Gasteiger partial charge in [0.1, 0.15) is 23.3 Å². The van der Waals surface area contributed by atoms with E-state index < -0.39 is 0 Å². The lowest BCUT2D eigenvalue weighted by Crippen LogP contribution is -2.06. The number of nitrogens with zero attached hydrogens (tertiary/aromatic N) is 3. The minimum atomic E-state index is -0.286. The number of aromatic nitrogens is 2. The van der Waals surface area contributed by atoms with E-state index in [0.717, 1.165) is 24.1 Å². The Labute approximate surface area is 110 Å². The number of hydrogen-bond donors (Lipinski definition) is 1. The summed E-state index contributed by atoms with van der Waals surface area (Å²) in [5.41, 5.74) is 7.99. The molecule has 5 heteroatoms. The smallest absolute Gasteiger partial charge is 0.140 e. The van der Waals surface area contributed by atoms with Crippen molar-refractivity contribution in [2.45, 2.75) is 25.3 Å². The van der Waals surface area contributed by atoms with E-state index in [1.165, 1.54) is 12.1 Å². The SMILES string of the molecule is N#Cc1c(C2CC2)nn(Cc2cccc(F)c2)c1N. The molecule has 3 rings (SSSR count). The van der Waals surface area contributed by atoms with Crippen LogP contribution in [-0.2, 0) is 6.54 Å². The van der Waals surface area contributed by atoms with E-state index in [1.54, 1.807) is 10.7 Å². The first-order chi connectivity index (χ1) is 9.19. The van der Waals surface area contributed by atoms with E-state index in [0.29, 0.717) is 23.8 Å². The Kier molecular flexibility index (Phi) is 2.71. The summed E-state index contributed by atoms with van der Waals surface area (Å²) in [5.74, 6) is 0.450. The Balaban J connectivity index is 1.95. The Morgan fingerprint density at radius 3 is 2.89 bits per heavy atom. The van der Waals surface area contributed by atoms with Crippen LogP contribution in [0.5, 0.6) is 0 Å². The molecule has 0 atom stereocenters. The van der Waals surface area contributed by atoms with Crippen LogP contribution in [0.2, 0.25) is 0 Å². The largest absolute Gasteiger partial charge is 0.383 e. The third-order valence-corrected chi connectivity index (χ3v) is 3.32. The molecule has 2 aromatic rings. The molecule has 1 heterocycles. The zero-order chi connectivity index (χ0) is 13.4. The van der Waals surface area contributed by atoms with Gasteiger partial charge in [-0.25, -0.2) is 9.07 Å². The van der Waals surface area contributed by atoms with Gasteiger partial charge < -0.3 is 5.73 Å². The summed E-state index contributed by atoms with van der Waals surface area (Å²) in [4.78, 5) is 0. The molecule has 1 fully saturated rings. The van der Waals surface area contributed by atoms with E-state index in [-0.39, 0.29) is 5.82 Å². The van der Waals surface area contributed by atoms with Gasteiger partial charge in [0.25, 0.3) is 0 Å². The number of nitriles is 1. The van der Waals surface area contributed by atoms with Gasteiger partial charge in [-0.3, -0.25) is 0 Å². The number of halogens is 1. The Bertz CT molecular complexity index is 665. The van der Waals surface area contributed by atoms with Crippen molar-refractivity contribution in [3.05, 3.63) is 46.9 Å². The van der Waals surface area contributed by atoms with Crippen molar-refractivity contribution in [2.75, 3.05) is 5.73 Å². The zero-order valence-corrected chi connectivity index (χ0v) is 10.3. The predicted octanol–water partition coefficient (Wildman–Crippen LogP) is 2.40. The summed E-state index contributed by atoms with van der Waals surface area (Å²) in [5, 5.41) is 13.6. The molecule has 1 aliphatic rings. The van der Waals surface area contributed by atoms with Gasteiger partial charge in [-0.2, -0.15) is 10.4 Å². The van der Waals surface area contributed by atoms with Crippen molar-refractivity contribution in [1.82, 2.24) is 9.78 Å². The highest BCUT2D eigenvalue weighted by molar-refractivity contribution is 5.54. The van der Waals surface area contributed by atoms with Gasteiger partial charge in [0.05, 0.1) is 12.2 Å². The van der Waals surface area contributed by atoms with Crippen molar-refractivity contribution in [1.29, 1.82) is 5.26 Å². The normalized spacial score (nSPS) is 14.3. The second-order valence-corrected chi connectivity index (χ2v) is 4.82. The van der Waals surface area contributed by atoms with Crippen molar-refractivity contribution in [3.8, 4) is 6.07 Å². The minimum absolute atomic E-state index is 0.286. The topological polar surface area (TPSA) is 67.6 Å². The summed E-state index contributed by atoms with van der Waals surface area (Å²) in [6.07, 6.45) is 2.12. The third-order valence-electron chi connectivity index (χ3n) is 3.32. The number of anilines is 1. The van der Waals surface area contributed by atoms with Crippen LogP contribution in [0, 0.1) is 17.1 Å². The molecular formula is C14H13FN4. The molecule has 0 unspecified atom stereocenters. The van der Waals surface area contributed by atoms with Crippen LogP contribution < -0.4 is 5.73 Å². The minimum Gasteiger partial charge on any atom is -0.383 e. The molecule has 0 aliphatic heterocycles. The highest BCUT2D eigenvalue weighted by atomic mass is 19.1. The van der Waals surface area contributed by atoms with Gasteiger partial charge >= 0.3 is 0 Å². The number of benzene rings is 1. The average Bonchev–Trinajstić information content (AvgIpc) is 3.17. The fourth-order valence-electron chi connectivity index (χ4n) is 2.18. The van der Waals surface area contributed by atoms with Crippen molar-refractivity contribution in [3.63, 3.8) is 0 Å². The first-order valence-electron chi connectivity index (χ1n) is 6.19. The van der Waals surface area contributed by atoms with Crippen molar-refractivity contribution in [2.24, 2.45) is 0 Å². The second-order valence-electron chi connectivity index (χ2n) is 4.82. The van der Waals surface area contributed by atoms with Crippen LogP contribution in [0.4, 0.5) is 10.2 Å². The number of nitrogens with two attached hydrogens (primary N) is 1. The maximum atomic E-state index is 13.1. The summed E-state index contributed by atoms with van der Waals surface area (Å²) in [6.45, 7) is 0.380. The van der Waals surface area contributed by atoms with Gasteiger partial charge in [0.2, 0.25) is 0 Å². The molecule has 2 N–H and O–H groups in total. The third kappa shape index (κ3) is 2.17. The van der Waals surface area contributed by atoms with Crippen LogP contribution in [0.3, 0.4) is 0 Å². The molecule has 1 aromatic carbocycles. The fraction of sp³-hybridized carbons (Fsp3) is 0.286. The molecule has 0 bridgehead atoms. The van der Waals surface area contributed by atoms with E-state index in [4.69, 9.17) is 11.0 Å². The Morgan fingerprint density at radius 1 is 1.47 bits per heavy atom. The average molecular weight is 256 g/mol. The monoisotopic (exact) mass is 256 g/mol. The van der Waals surface area contributed by atoms with E-state index >= 15 is 0 Å². The van der Waals surface area contributed by atoms with Crippen LogP contribution in [0.15, 0.2) is 24.3 Å². The molecule has 4 nitrogen and oxygen atoms in total. The Morgan fingerprint density at radius 2 is 2.26 bits per heavy atom. The Hall–Kier alpha value is -2.35. The number of hydrogen-bond acceptors (Lipinski definition) is 3. The lowest BCUT2D eigenvalue weighted by Gasteiger charge is -2.04. The van der Waals surface area contributed by atoms with E-state index in [9.17, 15) is 4.39 Å². The molecule has 0 spiro atoms. The zero-order valence-electron chi connectivity index (χ0n) is 10.3. The van der Waals surface area contributed by atoms with E-state index in [2.05, 4.69) is 11.2 Å². The van der Waals surface area contributed by atoms with Crippen LogP contribution in [-0.4, -0.2) is 9.78 Å². The molecular weight excluding hydrogens is 243 g/mol. The molecule has 0 saturated heterocycles. The first kappa shape index (κ1) is 11.7. The molecule has 0 amide bonds. The molecule has 0 radical (unpaired) electrons. The number of nitrogen functional groups attached to an aromatic ring is 1. The van der Waals surface area contributed by atoms with Crippen LogP contribution in [0.1, 0.15) is 35.6 Å². The first-order valence-corrected chi connectivity index (χ1v) is 6.19. The molecule has 1 saturated carbocycles. The predicted molar refractivity (Wildman–Crippen MR) is 68.8 cm³/mol. The van der Waals surface area contributed by atoms with Crippen LogP contribution >= 0.6 is 0 Å². The molecule has 1 aliphatic carbocycles. The summed E-state index contributed by atoms with van der Waals surface area (Å²) in [7, 11) is 0. The maximum absolute atomic E-state index is 13.1. The maximum Gasteiger partial charge on any atom is 0.140 e. The van der Waals surface area contributed by atoms with Crippen LogP contribution in [0.25, 0.3) is 0 Å². The summed E-state index contributed by atoms with van der Waals surface area (Å²) < 4.78 is 14.7. The molecule has 19 heavy (non-hydrogen) atoms. The molecule has 96 valence electrons. The van der Waals surface area contributed by atoms with Crippen molar-refractivity contribution >= 4 is 5.82 Å². The van der Waals surface area contributed by atoms with Gasteiger partial charge in [-0.1, -0.05) is 12.1 Å². The van der Waals surface area contributed by atoms with Crippen molar-refractivity contribution < 1.29 is 4.39 Å². The fourth-order valence-corrected chi connectivity index (χ4v) is 2.18. The van der Waals surface area contributed by atoms with Gasteiger partial charge in [-0.05, 0) is 30.5 Å². The highest BCUT2D eigenvalue weighted by Gasteiger charge is 2.31. The lowest BCUT2D eigenvalue weighted by atomic mass is 10.2. The van der Waals surface area contributed by atoms with E-state index in [1.807, 2.05) is 6.07 Å². The van der Waals surface area contributed by atoms with Gasteiger partial charge in [0.15, 0.2) is 0 Å². The standard InChI is InChI=1S/C14H13FN4/c15-11-3-1-2-9(6-11)8-19-14(17)12(7-16)13(18-19)10-4-5-10/h1-3,6,10H,4-5,8,17H2. The summed E-state index contributed by atoms with van der Waals surface area (Å²) >= 11 is 0.